The van der Waals surface area contributed by atoms with Crippen LogP contribution in [0.1, 0.15) is 23.9 Å². The number of hydrogen-bond donors (Lipinski definition) is 2. The van der Waals surface area contributed by atoms with Crippen LogP contribution in [0.2, 0.25) is 0 Å². The predicted octanol–water partition coefficient (Wildman–Crippen LogP) is 1.99. The Hall–Kier alpha value is -3.20. The lowest BCUT2D eigenvalue weighted by Gasteiger charge is -2.20. The molecule has 0 saturated carbocycles. The van der Waals surface area contributed by atoms with Gasteiger partial charge in [0.2, 0.25) is 0 Å². The van der Waals surface area contributed by atoms with Crippen LogP contribution in [-0.4, -0.2) is 33.9 Å². The van der Waals surface area contributed by atoms with Crippen molar-refractivity contribution in [2.75, 3.05) is 13.3 Å². The number of hydrogen-bond acceptors (Lipinski definition) is 5. The van der Waals surface area contributed by atoms with Crippen molar-refractivity contribution in [3.63, 3.8) is 0 Å². The van der Waals surface area contributed by atoms with Crippen molar-refractivity contribution in [2.24, 2.45) is 4.99 Å². The zero-order valence-corrected chi connectivity index (χ0v) is 15.5. The van der Waals surface area contributed by atoms with Crippen LogP contribution in [0, 0.1) is 5.82 Å². The maximum atomic E-state index is 13.9. The van der Waals surface area contributed by atoms with Crippen LogP contribution >= 0.6 is 0 Å². The molecule has 3 aromatic rings. The van der Waals surface area contributed by atoms with Crippen molar-refractivity contribution in [3.05, 3.63) is 59.3 Å². The maximum Gasteiger partial charge on any atom is 0.191 e. The zero-order chi connectivity index (χ0) is 19.3. The number of aliphatic imine (C=N–C) groups is 1. The Labute approximate surface area is 161 Å². The van der Waals surface area contributed by atoms with Crippen LogP contribution in [0.3, 0.4) is 0 Å². The second-order valence-electron chi connectivity index (χ2n) is 6.26. The number of pyridine rings is 1. The Morgan fingerprint density at radius 3 is 3.11 bits per heavy atom. The number of nitrogens with zero attached hydrogens (tertiary/aromatic N) is 4. The molecule has 0 spiro atoms. The van der Waals surface area contributed by atoms with Gasteiger partial charge in [-0.05, 0) is 31.2 Å². The molecule has 0 fully saturated rings. The van der Waals surface area contributed by atoms with Crippen molar-refractivity contribution in [3.8, 4) is 5.75 Å². The third kappa shape index (κ3) is 3.89. The van der Waals surface area contributed by atoms with Crippen molar-refractivity contribution in [2.45, 2.75) is 26.6 Å². The molecule has 8 nitrogen and oxygen atoms in total. The van der Waals surface area contributed by atoms with E-state index in [1.807, 2.05) is 35.7 Å². The second-order valence-corrected chi connectivity index (χ2v) is 6.26. The van der Waals surface area contributed by atoms with E-state index in [0.717, 1.165) is 11.5 Å². The molecular weight excluding hydrogens is 363 g/mol. The minimum atomic E-state index is -0.328. The van der Waals surface area contributed by atoms with Gasteiger partial charge in [0.05, 0.1) is 19.7 Å². The van der Waals surface area contributed by atoms with Gasteiger partial charge in [0.25, 0.3) is 0 Å². The van der Waals surface area contributed by atoms with E-state index in [-0.39, 0.29) is 19.2 Å². The van der Waals surface area contributed by atoms with Gasteiger partial charge in [-0.3, -0.25) is 4.40 Å². The maximum absolute atomic E-state index is 13.9. The summed E-state index contributed by atoms with van der Waals surface area (Å²) in [5.41, 5.74) is 2.17. The highest BCUT2D eigenvalue weighted by Crippen LogP contribution is 2.29. The summed E-state index contributed by atoms with van der Waals surface area (Å²) in [6.07, 6.45) is 1.91. The first kappa shape index (κ1) is 18.2. The normalized spacial score (nSPS) is 13.9. The van der Waals surface area contributed by atoms with Gasteiger partial charge >= 0.3 is 0 Å². The van der Waals surface area contributed by atoms with Crippen LogP contribution in [0.5, 0.6) is 5.75 Å². The van der Waals surface area contributed by atoms with Gasteiger partial charge in [-0.2, -0.15) is 0 Å². The second kappa shape index (κ2) is 8.22. The molecule has 9 heteroatoms. The number of nitrogens with one attached hydrogen (secondary N) is 2. The van der Waals surface area contributed by atoms with E-state index in [4.69, 9.17) is 9.47 Å². The van der Waals surface area contributed by atoms with Gasteiger partial charge in [-0.1, -0.05) is 6.07 Å². The highest BCUT2D eigenvalue weighted by molar-refractivity contribution is 5.79. The first-order chi connectivity index (χ1) is 13.7. The van der Waals surface area contributed by atoms with Crippen molar-refractivity contribution >= 4 is 11.6 Å². The highest BCUT2D eigenvalue weighted by Gasteiger charge is 2.17. The molecule has 0 atom stereocenters. The van der Waals surface area contributed by atoms with E-state index in [1.165, 1.54) is 12.1 Å². The van der Waals surface area contributed by atoms with Crippen LogP contribution in [-0.2, 0) is 24.4 Å². The Morgan fingerprint density at radius 1 is 1.29 bits per heavy atom. The van der Waals surface area contributed by atoms with Gasteiger partial charge in [0, 0.05) is 23.9 Å². The van der Waals surface area contributed by atoms with E-state index in [0.29, 0.717) is 42.5 Å². The Morgan fingerprint density at radius 2 is 2.21 bits per heavy atom. The fraction of sp³-hybridized carbons (Fsp3) is 0.316. The topological polar surface area (TPSA) is 85.1 Å². The molecule has 146 valence electrons. The third-order valence-corrected chi connectivity index (χ3v) is 4.30. The fourth-order valence-electron chi connectivity index (χ4n) is 3.05. The first-order valence-electron chi connectivity index (χ1n) is 9.07. The van der Waals surface area contributed by atoms with Crippen molar-refractivity contribution < 1.29 is 13.9 Å². The third-order valence-electron chi connectivity index (χ3n) is 4.30. The quantitative estimate of drug-likeness (QED) is 0.517. The molecule has 1 aliphatic heterocycles. The van der Waals surface area contributed by atoms with E-state index >= 15 is 0 Å². The summed E-state index contributed by atoms with van der Waals surface area (Å²) in [7, 11) is 0. The lowest BCUT2D eigenvalue weighted by molar-refractivity contribution is -0.0172. The molecule has 0 aliphatic carbocycles. The summed E-state index contributed by atoms with van der Waals surface area (Å²) in [5.74, 6) is 1.69. The number of aromatic nitrogens is 3. The molecule has 1 aromatic carbocycles. The van der Waals surface area contributed by atoms with Crippen LogP contribution in [0.4, 0.5) is 4.39 Å². The van der Waals surface area contributed by atoms with E-state index < -0.39 is 0 Å². The number of ether oxygens (including phenoxy) is 2. The monoisotopic (exact) mass is 384 g/mol. The van der Waals surface area contributed by atoms with Crippen LogP contribution in [0.15, 0.2) is 41.5 Å². The minimum Gasteiger partial charge on any atom is -0.467 e. The zero-order valence-electron chi connectivity index (χ0n) is 15.5. The van der Waals surface area contributed by atoms with Gasteiger partial charge < -0.3 is 20.1 Å². The van der Waals surface area contributed by atoms with Gasteiger partial charge in [-0.15, -0.1) is 10.2 Å². The van der Waals surface area contributed by atoms with E-state index in [2.05, 4.69) is 25.8 Å². The molecule has 2 aromatic heterocycles. The summed E-state index contributed by atoms with van der Waals surface area (Å²) < 4.78 is 26.6. The molecule has 2 N–H and O–H groups in total. The molecule has 3 heterocycles. The lowest BCUT2D eigenvalue weighted by atomic mass is 10.1. The number of rotatable bonds is 5. The van der Waals surface area contributed by atoms with Gasteiger partial charge in [0.1, 0.15) is 11.6 Å². The smallest absolute Gasteiger partial charge is 0.191 e. The number of halogens is 1. The summed E-state index contributed by atoms with van der Waals surface area (Å²) in [5, 5.41) is 14.8. The lowest BCUT2D eigenvalue weighted by Crippen LogP contribution is -2.37. The summed E-state index contributed by atoms with van der Waals surface area (Å²) in [6.45, 7) is 3.89. The summed E-state index contributed by atoms with van der Waals surface area (Å²) >= 11 is 0. The van der Waals surface area contributed by atoms with Gasteiger partial charge in [0.15, 0.2) is 24.2 Å². The number of fused-ring (bicyclic) bond motifs is 2. The number of guanidine groups is 1. The molecule has 1 aliphatic rings. The first-order valence-corrected chi connectivity index (χ1v) is 9.07. The predicted molar refractivity (Wildman–Crippen MR) is 101 cm³/mol. The van der Waals surface area contributed by atoms with Crippen LogP contribution in [0.25, 0.3) is 5.65 Å². The summed E-state index contributed by atoms with van der Waals surface area (Å²) in [6, 6.07) is 8.62. The molecule has 28 heavy (non-hydrogen) atoms. The van der Waals surface area contributed by atoms with Crippen LogP contribution < -0.4 is 15.4 Å². The molecule has 4 rings (SSSR count). The van der Waals surface area contributed by atoms with E-state index in [1.54, 1.807) is 0 Å². The number of benzene rings is 1. The largest absolute Gasteiger partial charge is 0.467 e. The highest BCUT2D eigenvalue weighted by atomic mass is 19.1. The average Bonchev–Trinajstić information content (AvgIpc) is 3.13. The molecular formula is C19H21FN6O2. The Bertz CT molecular complexity index is 1000. The molecule has 0 amide bonds. The van der Waals surface area contributed by atoms with Crippen molar-refractivity contribution in [1.29, 1.82) is 0 Å². The van der Waals surface area contributed by atoms with Crippen molar-refractivity contribution in [1.82, 2.24) is 25.2 Å². The van der Waals surface area contributed by atoms with E-state index in [9.17, 15) is 4.39 Å². The molecule has 0 radical (unpaired) electrons. The van der Waals surface area contributed by atoms with Gasteiger partial charge in [-0.25, -0.2) is 9.38 Å². The fourth-order valence-corrected chi connectivity index (χ4v) is 3.05. The molecule has 0 bridgehead atoms. The molecule has 0 saturated heterocycles. The minimum absolute atomic E-state index is 0.160. The average molecular weight is 384 g/mol. The molecule has 0 unspecified atom stereocenters. The standard InChI is InChI=1S/C19H21FN6O2/c1-2-21-19(23-10-17-25-24-16-5-3-4-6-26(16)17)22-9-13-7-15(20)8-14-11-27-12-28-18(13)14/h3-8H,2,9-12H2,1H3,(H2,21,22,23). The Balaban J connectivity index is 1.50. The SMILES string of the molecule is CCNC(=NCc1cc(F)cc2c1OCOC2)NCc1nnc2ccccn12. The summed E-state index contributed by atoms with van der Waals surface area (Å²) in [4.78, 5) is 4.56. The Kier molecular flexibility index (Phi) is 5.34.